The third-order valence-electron chi connectivity index (χ3n) is 1.94. The lowest BCUT2D eigenvalue weighted by Gasteiger charge is -2.10. The average molecular weight is 165 g/mol. The molecule has 0 amide bonds. The molecular formula is C9H11NS. The van der Waals surface area contributed by atoms with Gasteiger partial charge in [0, 0.05) is 11.9 Å². The summed E-state index contributed by atoms with van der Waals surface area (Å²) >= 11 is 1.91. The van der Waals surface area contributed by atoms with Gasteiger partial charge in [0.2, 0.25) is 0 Å². The first-order chi connectivity index (χ1) is 5.27. The predicted octanol–water partition coefficient (Wildman–Crippen LogP) is 2.49. The largest absolute Gasteiger partial charge is 0.364 e. The van der Waals surface area contributed by atoms with Crippen LogP contribution in [0.15, 0.2) is 23.1 Å². The van der Waals surface area contributed by atoms with E-state index in [1.807, 2.05) is 11.8 Å². The van der Waals surface area contributed by atoms with Gasteiger partial charge in [-0.05, 0) is 24.6 Å². The van der Waals surface area contributed by atoms with Crippen molar-refractivity contribution in [1.29, 1.82) is 0 Å². The van der Waals surface area contributed by atoms with Crippen LogP contribution in [-0.2, 0) is 0 Å². The molecule has 0 aromatic heterocycles. The molecule has 0 radical (unpaired) electrons. The molecule has 0 fully saturated rings. The summed E-state index contributed by atoms with van der Waals surface area (Å²) in [5.74, 6) is 1.10. The fourth-order valence-corrected chi connectivity index (χ4v) is 2.28. The fraction of sp³-hybridized carbons (Fsp3) is 0.333. The third kappa shape index (κ3) is 1.11. The highest BCUT2D eigenvalue weighted by Gasteiger charge is 2.14. The maximum absolute atomic E-state index is 2.28. The van der Waals surface area contributed by atoms with Crippen molar-refractivity contribution >= 4 is 17.4 Å². The third-order valence-corrected chi connectivity index (χ3v) is 3.11. The maximum atomic E-state index is 2.28. The first-order valence-electron chi connectivity index (χ1n) is 3.72. The Bertz CT molecular complexity index is 283. The van der Waals surface area contributed by atoms with Crippen molar-refractivity contribution < 1.29 is 0 Å². The predicted molar refractivity (Wildman–Crippen MR) is 50.3 cm³/mol. The number of nitrogens with zero attached hydrogens (tertiary/aromatic N) is 1. The summed E-state index contributed by atoms with van der Waals surface area (Å²) in [6, 6.07) is 6.62. The topological polar surface area (TPSA) is 3.24 Å². The van der Waals surface area contributed by atoms with E-state index in [0.29, 0.717) is 0 Å². The molecule has 0 saturated carbocycles. The molecule has 0 unspecified atom stereocenters. The van der Waals surface area contributed by atoms with Crippen LogP contribution in [0.3, 0.4) is 0 Å². The Hall–Kier alpha value is -0.630. The van der Waals surface area contributed by atoms with Crippen molar-refractivity contribution in [3.05, 3.63) is 23.8 Å². The Labute approximate surface area is 71.4 Å². The molecule has 0 aliphatic carbocycles. The molecule has 1 aromatic carbocycles. The second kappa shape index (κ2) is 2.45. The molecule has 1 nitrogen and oxygen atoms in total. The van der Waals surface area contributed by atoms with E-state index in [0.717, 1.165) is 5.88 Å². The van der Waals surface area contributed by atoms with Crippen LogP contribution in [0.5, 0.6) is 0 Å². The Morgan fingerprint density at radius 3 is 3.09 bits per heavy atom. The maximum Gasteiger partial charge on any atom is 0.0683 e. The number of benzene rings is 1. The Morgan fingerprint density at radius 2 is 2.27 bits per heavy atom. The summed E-state index contributed by atoms with van der Waals surface area (Å²) in [6.07, 6.45) is 0. The van der Waals surface area contributed by atoms with Gasteiger partial charge in [-0.3, -0.25) is 0 Å². The van der Waals surface area contributed by atoms with Crippen LogP contribution in [0.1, 0.15) is 5.56 Å². The molecule has 1 aliphatic heterocycles. The first-order valence-corrected chi connectivity index (χ1v) is 4.70. The van der Waals surface area contributed by atoms with E-state index in [-0.39, 0.29) is 0 Å². The summed E-state index contributed by atoms with van der Waals surface area (Å²) in [5.41, 5.74) is 2.73. The van der Waals surface area contributed by atoms with Crippen molar-refractivity contribution in [2.75, 3.05) is 17.8 Å². The minimum atomic E-state index is 1.10. The fourth-order valence-electron chi connectivity index (χ4n) is 1.28. The van der Waals surface area contributed by atoms with E-state index in [2.05, 4.69) is 37.1 Å². The number of anilines is 1. The number of hydrogen-bond donors (Lipinski definition) is 0. The zero-order valence-electron chi connectivity index (χ0n) is 6.79. The van der Waals surface area contributed by atoms with Crippen molar-refractivity contribution in [2.45, 2.75) is 11.8 Å². The van der Waals surface area contributed by atoms with Gasteiger partial charge in [-0.2, -0.15) is 0 Å². The number of aryl methyl sites for hydroxylation is 1. The Kier molecular flexibility index (Phi) is 1.57. The van der Waals surface area contributed by atoms with Crippen LogP contribution in [0.4, 0.5) is 5.69 Å². The highest BCUT2D eigenvalue weighted by Crippen LogP contribution is 2.37. The lowest BCUT2D eigenvalue weighted by atomic mass is 10.2. The van der Waals surface area contributed by atoms with Gasteiger partial charge in [-0.15, -0.1) is 11.8 Å². The lowest BCUT2D eigenvalue weighted by molar-refractivity contribution is 1.10. The van der Waals surface area contributed by atoms with E-state index in [1.165, 1.54) is 16.1 Å². The van der Waals surface area contributed by atoms with Gasteiger partial charge < -0.3 is 4.90 Å². The summed E-state index contributed by atoms with van der Waals surface area (Å²) < 4.78 is 0. The minimum Gasteiger partial charge on any atom is -0.364 e. The number of fused-ring (bicyclic) bond motifs is 1. The SMILES string of the molecule is Cc1ccc2c(c1)N(C)CS2. The van der Waals surface area contributed by atoms with Gasteiger partial charge in [-0.25, -0.2) is 0 Å². The molecule has 0 atom stereocenters. The molecule has 0 N–H and O–H groups in total. The van der Waals surface area contributed by atoms with Gasteiger partial charge >= 0.3 is 0 Å². The van der Waals surface area contributed by atoms with Gasteiger partial charge in [0.15, 0.2) is 0 Å². The second-order valence-corrected chi connectivity index (χ2v) is 3.93. The Balaban J connectivity index is 2.52. The lowest BCUT2D eigenvalue weighted by Crippen LogP contribution is -2.10. The molecule has 1 aromatic rings. The van der Waals surface area contributed by atoms with Gasteiger partial charge in [-0.1, -0.05) is 6.07 Å². The van der Waals surface area contributed by atoms with Gasteiger partial charge in [0.05, 0.1) is 11.6 Å². The summed E-state index contributed by atoms with van der Waals surface area (Å²) in [6.45, 7) is 2.14. The molecule has 2 rings (SSSR count). The van der Waals surface area contributed by atoms with Crippen molar-refractivity contribution in [3.8, 4) is 0 Å². The van der Waals surface area contributed by atoms with Gasteiger partial charge in [0.25, 0.3) is 0 Å². The van der Waals surface area contributed by atoms with E-state index in [1.54, 1.807) is 0 Å². The van der Waals surface area contributed by atoms with Crippen molar-refractivity contribution in [3.63, 3.8) is 0 Å². The standard InChI is InChI=1S/C9H11NS/c1-7-3-4-9-8(5-7)10(2)6-11-9/h3-5H,6H2,1-2H3. The number of rotatable bonds is 0. The Morgan fingerprint density at radius 1 is 1.45 bits per heavy atom. The van der Waals surface area contributed by atoms with Crippen LogP contribution in [-0.4, -0.2) is 12.9 Å². The molecule has 0 bridgehead atoms. The van der Waals surface area contributed by atoms with E-state index < -0.39 is 0 Å². The van der Waals surface area contributed by atoms with Crippen molar-refractivity contribution in [2.24, 2.45) is 0 Å². The molecule has 58 valence electrons. The van der Waals surface area contributed by atoms with Crippen LogP contribution >= 0.6 is 11.8 Å². The summed E-state index contributed by atoms with van der Waals surface area (Å²) in [7, 11) is 2.14. The van der Waals surface area contributed by atoms with Crippen LogP contribution < -0.4 is 4.90 Å². The van der Waals surface area contributed by atoms with E-state index in [9.17, 15) is 0 Å². The number of thioether (sulfide) groups is 1. The molecule has 0 spiro atoms. The van der Waals surface area contributed by atoms with Gasteiger partial charge in [0.1, 0.15) is 0 Å². The second-order valence-electron chi connectivity index (χ2n) is 2.94. The highest BCUT2D eigenvalue weighted by atomic mass is 32.2. The molecule has 1 heterocycles. The molecule has 11 heavy (non-hydrogen) atoms. The zero-order valence-corrected chi connectivity index (χ0v) is 7.61. The summed E-state index contributed by atoms with van der Waals surface area (Å²) in [4.78, 5) is 3.70. The minimum absolute atomic E-state index is 1.10. The molecule has 1 aliphatic rings. The molecule has 2 heteroatoms. The molecule has 0 saturated heterocycles. The normalized spacial score (nSPS) is 15.3. The molecular weight excluding hydrogens is 154 g/mol. The van der Waals surface area contributed by atoms with E-state index >= 15 is 0 Å². The van der Waals surface area contributed by atoms with Crippen LogP contribution in [0.25, 0.3) is 0 Å². The zero-order chi connectivity index (χ0) is 7.84. The van der Waals surface area contributed by atoms with E-state index in [4.69, 9.17) is 0 Å². The van der Waals surface area contributed by atoms with Crippen molar-refractivity contribution in [1.82, 2.24) is 0 Å². The smallest absolute Gasteiger partial charge is 0.0683 e. The highest BCUT2D eigenvalue weighted by molar-refractivity contribution is 7.99. The van der Waals surface area contributed by atoms with Crippen LogP contribution in [0, 0.1) is 6.92 Å². The summed E-state index contributed by atoms with van der Waals surface area (Å²) in [5, 5.41) is 0. The average Bonchev–Trinajstić information content (AvgIpc) is 2.33. The number of hydrogen-bond acceptors (Lipinski definition) is 2. The quantitative estimate of drug-likeness (QED) is 0.581. The van der Waals surface area contributed by atoms with Crippen LogP contribution in [0.2, 0.25) is 0 Å². The first kappa shape index (κ1) is 7.04. The monoisotopic (exact) mass is 165 g/mol.